The third-order valence-corrected chi connectivity index (χ3v) is 6.49. The van der Waals surface area contributed by atoms with Gasteiger partial charge in [0.25, 0.3) is 0 Å². The van der Waals surface area contributed by atoms with Crippen molar-refractivity contribution >= 4 is 35.0 Å². The predicted molar refractivity (Wildman–Crippen MR) is 115 cm³/mol. The van der Waals surface area contributed by atoms with Gasteiger partial charge in [-0.3, -0.25) is 0 Å². The molecular weight excluding hydrogens is 390 g/mol. The van der Waals surface area contributed by atoms with Crippen LogP contribution in [-0.2, 0) is 0 Å². The van der Waals surface area contributed by atoms with E-state index >= 15 is 0 Å². The Hall–Kier alpha value is -2.95. The van der Waals surface area contributed by atoms with Gasteiger partial charge in [0.05, 0.1) is 22.1 Å². The lowest BCUT2D eigenvalue weighted by atomic mass is 9.98. The van der Waals surface area contributed by atoms with E-state index in [2.05, 4.69) is 35.2 Å². The lowest BCUT2D eigenvalue weighted by Gasteiger charge is -2.29. The van der Waals surface area contributed by atoms with Crippen LogP contribution in [0.2, 0.25) is 0 Å². The van der Waals surface area contributed by atoms with Gasteiger partial charge in [-0.25, -0.2) is 0 Å². The molecule has 5 N–H and O–H groups in total. The van der Waals surface area contributed by atoms with E-state index in [1.807, 2.05) is 12.3 Å². The predicted octanol–water partition coefficient (Wildman–Crippen LogP) is 4.64. The van der Waals surface area contributed by atoms with Crippen LogP contribution in [0.5, 0.6) is 17.4 Å². The SMILES string of the molecule is C#Cc1c(N)nc2c(c1N)C(Sc1ccc(SC)cc1)c1ccc(O)cc1O2. The summed E-state index contributed by atoms with van der Waals surface area (Å²) in [5, 5.41) is 9.67. The maximum absolute atomic E-state index is 9.88. The molecule has 28 heavy (non-hydrogen) atoms. The number of ether oxygens (including phenoxy) is 1. The third-order valence-electron chi connectivity index (χ3n) is 4.47. The molecule has 1 aliphatic heterocycles. The highest BCUT2D eigenvalue weighted by molar-refractivity contribution is 8.00. The molecule has 1 atom stereocenters. The fourth-order valence-electron chi connectivity index (χ4n) is 3.10. The first-order valence-electron chi connectivity index (χ1n) is 8.38. The van der Waals surface area contributed by atoms with Crippen LogP contribution in [0.15, 0.2) is 52.3 Å². The Morgan fingerprint density at radius 3 is 2.54 bits per heavy atom. The molecule has 1 aliphatic rings. The zero-order valence-corrected chi connectivity index (χ0v) is 16.6. The molecule has 0 fully saturated rings. The van der Waals surface area contributed by atoms with Gasteiger partial charge < -0.3 is 21.3 Å². The number of terminal acetylenes is 1. The van der Waals surface area contributed by atoms with Gasteiger partial charge >= 0.3 is 0 Å². The molecule has 1 aromatic heterocycles. The van der Waals surface area contributed by atoms with Crippen LogP contribution in [0.1, 0.15) is 21.9 Å². The summed E-state index contributed by atoms with van der Waals surface area (Å²) in [7, 11) is 0. The van der Waals surface area contributed by atoms with Gasteiger partial charge in [-0.1, -0.05) is 12.0 Å². The quantitative estimate of drug-likeness (QED) is 0.430. The molecule has 7 heteroatoms. The highest BCUT2D eigenvalue weighted by Crippen LogP contribution is 2.54. The third kappa shape index (κ3) is 3.11. The van der Waals surface area contributed by atoms with Crippen LogP contribution in [-0.4, -0.2) is 16.3 Å². The van der Waals surface area contributed by atoms with E-state index in [0.717, 1.165) is 10.5 Å². The Kier molecular flexibility index (Phi) is 4.75. The minimum atomic E-state index is -0.209. The van der Waals surface area contributed by atoms with Crippen molar-refractivity contribution in [1.29, 1.82) is 0 Å². The van der Waals surface area contributed by atoms with Gasteiger partial charge in [-0.05, 0) is 36.6 Å². The molecule has 0 spiro atoms. The van der Waals surface area contributed by atoms with E-state index in [4.69, 9.17) is 22.6 Å². The first-order valence-corrected chi connectivity index (χ1v) is 10.5. The van der Waals surface area contributed by atoms with Crippen LogP contribution in [0.25, 0.3) is 0 Å². The molecule has 3 aromatic rings. The average Bonchev–Trinajstić information content (AvgIpc) is 2.68. The van der Waals surface area contributed by atoms with Crippen LogP contribution < -0.4 is 16.2 Å². The minimum Gasteiger partial charge on any atom is -0.508 e. The number of nitrogens with two attached hydrogens (primary N) is 2. The maximum Gasteiger partial charge on any atom is 0.228 e. The van der Waals surface area contributed by atoms with Crippen molar-refractivity contribution < 1.29 is 9.84 Å². The second-order valence-electron chi connectivity index (χ2n) is 6.15. The van der Waals surface area contributed by atoms with Crippen molar-refractivity contribution in [2.24, 2.45) is 0 Å². The van der Waals surface area contributed by atoms with Crippen molar-refractivity contribution in [2.75, 3.05) is 17.7 Å². The number of nitrogens with zero attached hydrogens (tertiary/aromatic N) is 1. The van der Waals surface area contributed by atoms with E-state index < -0.39 is 0 Å². The first kappa shape index (κ1) is 18.4. The molecule has 0 bridgehead atoms. The molecule has 5 nitrogen and oxygen atoms in total. The molecule has 0 saturated carbocycles. The molecule has 2 aromatic carbocycles. The number of aromatic hydroxyl groups is 1. The van der Waals surface area contributed by atoms with Gasteiger partial charge in [-0.15, -0.1) is 29.9 Å². The van der Waals surface area contributed by atoms with Gasteiger partial charge in [0.2, 0.25) is 5.88 Å². The summed E-state index contributed by atoms with van der Waals surface area (Å²) >= 11 is 3.30. The molecule has 0 aliphatic carbocycles. The Morgan fingerprint density at radius 1 is 1.14 bits per heavy atom. The van der Waals surface area contributed by atoms with Crippen molar-refractivity contribution in [3.63, 3.8) is 0 Å². The number of aromatic nitrogens is 1. The van der Waals surface area contributed by atoms with Crippen molar-refractivity contribution in [2.45, 2.75) is 15.0 Å². The minimum absolute atomic E-state index is 0.108. The summed E-state index contributed by atoms with van der Waals surface area (Å²) in [5.74, 6) is 3.61. The Labute approximate surface area is 171 Å². The number of anilines is 2. The average molecular weight is 408 g/mol. The number of rotatable bonds is 3. The number of phenols is 1. The van der Waals surface area contributed by atoms with Crippen LogP contribution in [0.4, 0.5) is 11.5 Å². The highest BCUT2D eigenvalue weighted by atomic mass is 32.2. The Bertz CT molecular complexity index is 1110. The molecular formula is C21H17N3O2S2. The number of pyridine rings is 1. The van der Waals surface area contributed by atoms with Gasteiger partial charge in [-0.2, -0.15) is 4.98 Å². The van der Waals surface area contributed by atoms with E-state index in [1.165, 1.54) is 4.90 Å². The van der Waals surface area contributed by atoms with Crippen molar-refractivity contribution in [3.05, 3.63) is 59.2 Å². The smallest absolute Gasteiger partial charge is 0.228 e. The zero-order valence-electron chi connectivity index (χ0n) is 15.0. The Morgan fingerprint density at radius 2 is 1.86 bits per heavy atom. The summed E-state index contributed by atoms with van der Waals surface area (Å²) in [6.07, 6.45) is 7.64. The topological polar surface area (TPSA) is 94.4 Å². The summed E-state index contributed by atoms with van der Waals surface area (Å²) in [6.45, 7) is 0. The lowest BCUT2D eigenvalue weighted by molar-refractivity contribution is 0.429. The fourth-order valence-corrected chi connectivity index (χ4v) is 4.74. The monoisotopic (exact) mass is 407 g/mol. The summed E-state index contributed by atoms with van der Waals surface area (Å²) in [4.78, 5) is 6.58. The first-order chi connectivity index (χ1) is 13.5. The van der Waals surface area contributed by atoms with Gasteiger partial charge in [0.1, 0.15) is 17.3 Å². The normalized spacial score (nSPS) is 14.5. The lowest BCUT2D eigenvalue weighted by Crippen LogP contribution is -2.14. The van der Waals surface area contributed by atoms with Crippen molar-refractivity contribution in [1.82, 2.24) is 4.98 Å². The number of hydrogen-bond acceptors (Lipinski definition) is 7. The molecule has 0 amide bonds. The maximum atomic E-state index is 9.88. The number of thioether (sulfide) groups is 2. The summed E-state index contributed by atoms with van der Waals surface area (Å²) in [6, 6.07) is 13.3. The highest BCUT2D eigenvalue weighted by Gasteiger charge is 2.33. The standard InChI is InChI=1S/C21H17N3O2S2/c1-3-14-18(22)17-19(28-13-7-5-12(27-2)6-8-13)15-9-4-11(25)10-16(15)26-21(17)24-20(14)23/h1,4-10,19,25H,2H3,(H4,22,23,24). The van der Waals surface area contributed by atoms with E-state index in [1.54, 1.807) is 35.7 Å². The molecule has 0 radical (unpaired) electrons. The largest absolute Gasteiger partial charge is 0.508 e. The van der Waals surface area contributed by atoms with Crippen LogP contribution in [0, 0.1) is 12.3 Å². The van der Waals surface area contributed by atoms with E-state index in [-0.39, 0.29) is 16.8 Å². The van der Waals surface area contributed by atoms with Crippen LogP contribution in [0.3, 0.4) is 0 Å². The van der Waals surface area contributed by atoms with Gasteiger partial charge in [0.15, 0.2) is 0 Å². The van der Waals surface area contributed by atoms with Crippen molar-refractivity contribution in [3.8, 4) is 29.7 Å². The van der Waals surface area contributed by atoms with Gasteiger partial charge in [0, 0.05) is 21.4 Å². The van der Waals surface area contributed by atoms with E-state index in [9.17, 15) is 5.11 Å². The molecule has 0 saturated heterocycles. The van der Waals surface area contributed by atoms with E-state index in [0.29, 0.717) is 28.4 Å². The molecule has 2 heterocycles. The fraction of sp³-hybridized carbons (Fsp3) is 0.0952. The molecule has 4 rings (SSSR count). The molecule has 140 valence electrons. The Balaban J connectivity index is 1.87. The number of hydrogen-bond donors (Lipinski definition) is 3. The second kappa shape index (κ2) is 7.23. The molecule has 1 unspecified atom stereocenters. The number of benzene rings is 2. The summed E-state index contributed by atoms with van der Waals surface area (Å²) in [5.41, 5.74) is 14.7. The number of nitrogen functional groups attached to an aromatic ring is 2. The number of fused-ring (bicyclic) bond motifs is 2. The number of phenolic OH excluding ortho intramolecular Hbond substituents is 1. The zero-order chi connectivity index (χ0) is 19.8. The van der Waals surface area contributed by atoms with Crippen LogP contribution >= 0.6 is 23.5 Å². The summed E-state index contributed by atoms with van der Waals surface area (Å²) < 4.78 is 5.91. The second-order valence-corrected chi connectivity index (χ2v) is 8.20.